The highest BCUT2D eigenvalue weighted by atomic mass is 35.5. The number of anilines is 2. The molecule has 84 valence electrons. The maximum absolute atomic E-state index is 11.1. The van der Waals surface area contributed by atoms with E-state index in [1.807, 2.05) is 6.92 Å². The van der Waals surface area contributed by atoms with Crippen LogP contribution in [-0.4, -0.2) is 27.2 Å². The zero-order valence-electron chi connectivity index (χ0n) is 8.66. The molecule has 0 amide bonds. The Morgan fingerprint density at radius 3 is 2.93 bits per heavy atom. The lowest BCUT2D eigenvalue weighted by atomic mass is 10.4. The smallest absolute Gasteiger partial charge is 0.151 e. The fourth-order valence-electron chi connectivity index (χ4n) is 0.945. The maximum atomic E-state index is 11.1. The van der Waals surface area contributed by atoms with Gasteiger partial charge in [0.15, 0.2) is 5.82 Å². The van der Waals surface area contributed by atoms with Crippen molar-refractivity contribution in [3.05, 3.63) is 17.3 Å². The van der Waals surface area contributed by atoms with Gasteiger partial charge >= 0.3 is 0 Å². The number of nitrogens with one attached hydrogen (secondary N) is 1. The van der Waals surface area contributed by atoms with Crippen molar-refractivity contribution in [1.82, 2.24) is 4.98 Å². The largest absolute Gasteiger partial charge is 0.396 e. The van der Waals surface area contributed by atoms with Crippen LogP contribution in [0, 0.1) is 0 Å². The van der Waals surface area contributed by atoms with Crippen molar-refractivity contribution in [3.63, 3.8) is 0 Å². The molecule has 1 aromatic heterocycles. The highest BCUT2D eigenvalue weighted by Crippen LogP contribution is 2.18. The Labute approximate surface area is 96.7 Å². The van der Waals surface area contributed by atoms with Crippen LogP contribution in [0.25, 0.3) is 0 Å². The highest BCUT2D eigenvalue weighted by molar-refractivity contribution is 7.84. The van der Waals surface area contributed by atoms with E-state index in [4.69, 9.17) is 17.3 Å². The summed E-state index contributed by atoms with van der Waals surface area (Å²) in [5.74, 6) is 0.541. The summed E-state index contributed by atoms with van der Waals surface area (Å²) in [6, 6.07) is 3.31. The predicted molar refractivity (Wildman–Crippen MR) is 65.7 cm³/mol. The Balaban J connectivity index is 2.65. The van der Waals surface area contributed by atoms with E-state index < -0.39 is 10.8 Å². The molecule has 0 fully saturated rings. The molecule has 1 heterocycles. The van der Waals surface area contributed by atoms with Crippen LogP contribution in [0.3, 0.4) is 0 Å². The highest BCUT2D eigenvalue weighted by Gasteiger charge is 2.07. The van der Waals surface area contributed by atoms with Crippen molar-refractivity contribution in [1.29, 1.82) is 0 Å². The molecule has 0 saturated carbocycles. The lowest BCUT2D eigenvalue weighted by molar-refractivity contribution is 0.679. The molecule has 0 bridgehead atoms. The fraction of sp³-hybridized carbons (Fsp3) is 0.444. The average Bonchev–Trinajstić information content (AvgIpc) is 2.18. The topological polar surface area (TPSA) is 68.0 Å². The number of hydrogen-bond acceptors (Lipinski definition) is 4. The number of halogens is 1. The Morgan fingerprint density at radius 2 is 2.33 bits per heavy atom. The molecule has 0 aromatic carbocycles. The molecule has 2 atom stereocenters. The number of hydrogen-bond donors (Lipinski definition) is 2. The second kappa shape index (κ2) is 5.32. The summed E-state index contributed by atoms with van der Waals surface area (Å²) in [5.41, 5.74) is 6.23. The standard InChI is InChI=1S/C9H14ClN3OS/c1-6(15(2)14)5-12-9-7(11)3-4-8(10)13-9/h3-4,6H,5,11H2,1-2H3,(H,12,13). The molecule has 0 aliphatic rings. The molecule has 0 aliphatic heterocycles. The second-order valence-corrected chi connectivity index (χ2v) is 5.45. The Hall–Kier alpha value is -0.810. The SMILES string of the molecule is CC(CNc1nc(Cl)ccc1N)S(C)=O. The molecule has 0 saturated heterocycles. The molecular weight excluding hydrogens is 234 g/mol. The summed E-state index contributed by atoms with van der Waals surface area (Å²) >= 11 is 5.73. The van der Waals surface area contributed by atoms with Crippen LogP contribution in [0.2, 0.25) is 5.15 Å². The molecule has 0 spiro atoms. The summed E-state index contributed by atoms with van der Waals surface area (Å²) in [5, 5.41) is 3.45. The van der Waals surface area contributed by atoms with Crippen LogP contribution in [0.5, 0.6) is 0 Å². The van der Waals surface area contributed by atoms with Gasteiger partial charge in [-0.05, 0) is 19.1 Å². The van der Waals surface area contributed by atoms with E-state index in [-0.39, 0.29) is 5.25 Å². The zero-order chi connectivity index (χ0) is 11.4. The first kappa shape index (κ1) is 12.3. The van der Waals surface area contributed by atoms with Crippen LogP contribution >= 0.6 is 11.6 Å². The molecule has 0 radical (unpaired) electrons. The van der Waals surface area contributed by atoms with Crippen molar-refractivity contribution in [2.45, 2.75) is 12.2 Å². The second-order valence-electron chi connectivity index (χ2n) is 3.26. The van der Waals surface area contributed by atoms with Gasteiger partial charge in [0.2, 0.25) is 0 Å². The number of pyridine rings is 1. The molecule has 4 nitrogen and oxygen atoms in total. The van der Waals surface area contributed by atoms with E-state index >= 15 is 0 Å². The van der Waals surface area contributed by atoms with Gasteiger partial charge in [0, 0.05) is 28.9 Å². The predicted octanol–water partition coefficient (Wildman–Crippen LogP) is 1.50. The third-order valence-corrected chi connectivity index (χ3v) is 3.53. The summed E-state index contributed by atoms with van der Waals surface area (Å²) in [4.78, 5) is 4.03. The van der Waals surface area contributed by atoms with Gasteiger partial charge in [-0.2, -0.15) is 0 Å². The third kappa shape index (κ3) is 3.68. The number of aromatic nitrogens is 1. The van der Waals surface area contributed by atoms with Crippen molar-refractivity contribution >= 4 is 33.9 Å². The third-order valence-electron chi connectivity index (χ3n) is 2.02. The van der Waals surface area contributed by atoms with Crippen LogP contribution in [0.1, 0.15) is 6.92 Å². The van der Waals surface area contributed by atoms with E-state index in [1.165, 1.54) is 0 Å². The van der Waals surface area contributed by atoms with Crippen LogP contribution in [0.15, 0.2) is 12.1 Å². The zero-order valence-corrected chi connectivity index (χ0v) is 10.2. The molecule has 6 heteroatoms. The first-order valence-corrected chi connectivity index (χ1v) is 6.48. The van der Waals surface area contributed by atoms with Crippen molar-refractivity contribution in [2.75, 3.05) is 23.9 Å². The minimum absolute atomic E-state index is 0.0465. The molecule has 1 rings (SSSR count). The minimum Gasteiger partial charge on any atom is -0.396 e. The van der Waals surface area contributed by atoms with Gasteiger partial charge in [-0.3, -0.25) is 4.21 Å². The van der Waals surface area contributed by atoms with Gasteiger partial charge in [0.05, 0.1) is 5.69 Å². The van der Waals surface area contributed by atoms with Gasteiger partial charge in [-0.15, -0.1) is 0 Å². The fourth-order valence-corrected chi connectivity index (χ4v) is 1.41. The lowest BCUT2D eigenvalue weighted by Gasteiger charge is -2.12. The van der Waals surface area contributed by atoms with Gasteiger partial charge in [-0.25, -0.2) is 4.98 Å². The van der Waals surface area contributed by atoms with Crippen molar-refractivity contribution in [3.8, 4) is 0 Å². The number of nitrogen functional groups attached to an aromatic ring is 1. The van der Waals surface area contributed by atoms with Crippen LogP contribution in [-0.2, 0) is 10.8 Å². The summed E-state index contributed by atoms with van der Waals surface area (Å²) in [6.45, 7) is 2.45. The Kier molecular flexibility index (Phi) is 4.35. The molecule has 15 heavy (non-hydrogen) atoms. The molecule has 0 aliphatic carbocycles. The maximum Gasteiger partial charge on any atom is 0.151 e. The Bertz CT molecular complexity index is 372. The quantitative estimate of drug-likeness (QED) is 0.792. The normalized spacial score (nSPS) is 14.6. The van der Waals surface area contributed by atoms with Crippen LogP contribution < -0.4 is 11.1 Å². The minimum atomic E-state index is -0.860. The van der Waals surface area contributed by atoms with Gasteiger partial charge < -0.3 is 11.1 Å². The molecule has 2 unspecified atom stereocenters. The van der Waals surface area contributed by atoms with E-state index in [0.29, 0.717) is 23.2 Å². The first-order valence-electron chi connectivity index (χ1n) is 4.49. The molecular formula is C9H14ClN3OS. The first-order chi connectivity index (χ1) is 7.00. The average molecular weight is 248 g/mol. The molecule has 3 N–H and O–H groups in total. The van der Waals surface area contributed by atoms with Crippen molar-refractivity contribution < 1.29 is 4.21 Å². The van der Waals surface area contributed by atoms with E-state index in [0.717, 1.165) is 0 Å². The van der Waals surface area contributed by atoms with E-state index in [1.54, 1.807) is 18.4 Å². The lowest BCUT2D eigenvalue weighted by Crippen LogP contribution is -2.21. The molecule has 1 aromatic rings. The summed E-state index contributed by atoms with van der Waals surface area (Å²) in [7, 11) is -0.860. The van der Waals surface area contributed by atoms with Gasteiger partial charge in [0.1, 0.15) is 5.15 Å². The van der Waals surface area contributed by atoms with E-state index in [9.17, 15) is 4.21 Å². The number of nitrogens with two attached hydrogens (primary N) is 1. The van der Waals surface area contributed by atoms with Crippen molar-refractivity contribution in [2.24, 2.45) is 0 Å². The van der Waals surface area contributed by atoms with Gasteiger partial charge in [-0.1, -0.05) is 11.6 Å². The van der Waals surface area contributed by atoms with Gasteiger partial charge in [0.25, 0.3) is 0 Å². The number of rotatable bonds is 4. The summed E-state index contributed by atoms with van der Waals surface area (Å²) < 4.78 is 11.1. The van der Waals surface area contributed by atoms with E-state index in [2.05, 4.69) is 10.3 Å². The number of nitrogens with zero attached hydrogens (tertiary/aromatic N) is 1. The summed E-state index contributed by atoms with van der Waals surface area (Å²) in [6.07, 6.45) is 1.67. The Morgan fingerprint density at radius 1 is 1.67 bits per heavy atom. The van der Waals surface area contributed by atoms with Crippen LogP contribution in [0.4, 0.5) is 11.5 Å². The monoisotopic (exact) mass is 247 g/mol.